The Labute approximate surface area is 140 Å². The minimum atomic E-state index is -0.977. The fourth-order valence-electron chi connectivity index (χ4n) is 2.42. The SMILES string of the molecule is O=C(O)c1cn(-c2ccccc2)nc1CCOCc1ccccc1. The van der Waals surface area contributed by atoms with Crippen LogP contribution in [0.25, 0.3) is 5.69 Å². The quantitative estimate of drug-likeness (QED) is 0.678. The number of nitrogens with zero attached hydrogens (tertiary/aromatic N) is 2. The van der Waals surface area contributed by atoms with E-state index in [2.05, 4.69) is 5.10 Å². The first-order valence-electron chi connectivity index (χ1n) is 7.73. The van der Waals surface area contributed by atoms with Crippen molar-refractivity contribution in [2.45, 2.75) is 13.0 Å². The minimum absolute atomic E-state index is 0.210. The summed E-state index contributed by atoms with van der Waals surface area (Å²) in [5, 5.41) is 13.8. The van der Waals surface area contributed by atoms with Crippen LogP contribution < -0.4 is 0 Å². The second kappa shape index (κ2) is 7.57. The normalized spacial score (nSPS) is 10.7. The van der Waals surface area contributed by atoms with Crippen LogP contribution in [0.4, 0.5) is 0 Å². The van der Waals surface area contributed by atoms with Gasteiger partial charge in [0.05, 0.1) is 24.6 Å². The Balaban J connectivity index is 1.66. The number of ether oxygens (including phenoxy) is 1. The van der Waals surface area contributed by atoms with Gasteiger partial charge in [-0.25, -0.2) is 9.48 Å². The van der Waals surface area contributed by atoms with Gasteiger partial charge in [0.25, 0.3) is 0 Å². The van der Waals surface area contributed by atoms with Gasteiger partial charge < -0.3 is 9.84 Å². The summed E-state index contributed by atoms with van der Waals surface area (Å²) in [6, 6.07) is 19.3. The molecule has 5 nitrogen and oxygen atoms in total. The third kappa shape index (κ3) is 3.88. The van der Waals surface area contributed by atoms with Crippen LogP contribution in [-0.4, -0.2) is 27.5 Å². The van der Waals surface area contributed by atoms with E-state index in [-0.39, 0.29) is 5.56 Å². The molecule has 122 valence electrons. The van der Waals surface area contributed by atoms with E-state index >= 15 is 0 Å². The second-order valence-corrected chi connectivity index (χ2v) is 5.36. The maximum Gasteiger partial charge on any atom is 0.339 e. The van der Waals surface area contributed by atoms with E-state index in [0.717, 1.165) is 11.3 Å². The monoisotopic (exact) mass is 322 g/mol. The van der Waals surface area contributed by atoms with Gasteiger partial charge in [0.15, 0.2) is 0 Å². The lowest BCUT2D eigenvalue weighted by Crippen LogP contribution is -2.05. The average Bonchev–Trinajstić information content (AvgIpc) is 3.05. The molecule has 0 saturated carbocycles. The van der Waals surface area contributed by atoms with Crippen molar-refractivity contribution in [1.29, 1.82) is 0 Å². The van der Waals surface area contributed by atoms with Gasteiger partial charge in [-0.05, 0) is 17.7 Å². The van der Waals surface area contributed by atoms with Gasteiger partial charge in [-0.15, -0.1) is 0 Å². The summed E-state index contributed by atoms with van der Waals surface area (Å²) in [5.74, 6) is -0.977. The van der Waals surface area contributed by atoms with E-state index in [1.54, 1.807) is 10.9 Å². The highest BCUT2D eigenvalue weighted by Crippen LogP contribution is 2.13. The molecule has 0 aliphatic heterocycles. The zero-order chi connectivity index (χ0) is 16.8. The van der Waals surface area contributed by atoms with E-state index in [0.29, 0.717) is 25.3 Å². The molecular formula is C19H18N2O3. The largest absolute Gasteiger partial charge is 0.478 e. The van der Waals surface area contributed by atoms with Crippen molar-refractivity contribution in [1.82, 2.24) is 9.78 Å². The van der Waals surface area contributed by atoms with Gasteiger partial charge in [-0.1, -0.05) is 48.5 Å². The lowest BCUT2D eigenvalue weighted by molar-refractivity contribution is 0.0694. The molecule has 0 spiro atoms. The van der Waals surface area contributed by atoms with Gasteiger partial charge >= 0.3 is 5.97 Å². The first kappa shape index (κ1) is 16.0. The Morgan fingerprint density at radius 1 is 1.04 bits per heavy atom. The van der Waals surface area contributed by atoms with Gasteiger partial charge in [-0.3, -0.25) is 0 Å². The highest BCUT2D eigenvalue weighted by molar-refractivity contribution is 5.88. The number of aromatic nitrogens is 2. The molecule has 0 unspecified atom stereocenters. The summed E-state index contributed by atoms with van der Waals surface area (Å²) in [4.78, 5) is 11.4. The zero-order valence-electron chi connectivity index (χ0n) is 13.1. The van der Waals surface area contributed by atoms with Crippen LogP contribution in [0.1, 0.15) is 21.6 Å². The average molecular weight is 322 g/mol. The molecule has 1 heterocycles. The fourth-order valence-corrected chi connectivity index (χ4v) is 2.42. The maximum atomic E-state index is 11.4. The van der Waals surface area contributed by atoms with Crippen molar-refractivity contribution in [2.75, 3.05) is 6.61 Å². The predicted octanol–water partition coefficient (Wildman–Crippen LogP) is 3.33. The molecule has 24 heavy (non-hydrogen) atoms. The Morgan fingerprint density at radius 2 is 1.71 bits per heavy atom. The Bertz CT molecular complexity index is 798. The van der Waals surface area contributed by atoms with Crippen LogP contribution in [0.5, 0.6) is 0 Å². The van der Waals surface area contributed by atoms with Crippen LogP contribution in [-0.2, 0) is 17.8 Å². The molecule has 0 bridgehead atoms. The topological polar surface area (TPSA) is 64.3 Å². The van der Waals surface area contributed by atoms with Crippen LogP contribution in [0, 0.1) is 0 Å². The van der Waals surface area contributed by atoms with E-state index in [1.807, 2.05) is 60.7 Å². The fraction of sp³-hybridized carbons (Fsp3) is 0.158. The van der Waals surface area contributed by atoms with Crippen molar-refractivity contribution in [3.8, 4) is 5.69 Å². The summed E-state index contributed by atoms with van der Waals surface area (Å²) in [5.41, 5.74) is 2.66. The Kier molecular flexibility index (Phi) is 5.03. The standard InChI is InChI=1S/C19H18N2O3/c22-19(23)17-13-21(16-9-5-2-6-10-16)20-18(17)11-12-24-14-15-7-3-1-4-8-15/h1-10,13H,11-12,14H2,(H,22,23). The molecule has 1 aromatic heterocycles. The molecule has 1 N–H and O–H groups in total. The van der Waals surface area contributed by atoms with Crippen molar-refractivity contribution in [3.63, 3.8) is 0 Å². The summed E-state index contributed by atoms with van der Waals surface area (Å²) >= 11 is 0. The summed E-state index contributed by atoms with van der Waals surface area (Å²) in [6.07, 6.45) is 2.00. The summed E-state index contributed by atoms with van der Waals surface area (Å²) in [7, 11) is 0. The van der Waals surface area contributed by atoms with Crippen molar-refractivity contribution in [3.05, 3.63) is 83.7 Å². The molecule has 0 radical (unpaired) electrons. The number of carboxylic acids is 1. The van der Waals surface area contributed by atoms with Crippen molar-refractivity contribution >= 4 is 5.97 Å². The van der Waals surface area contributed by atoms with Crippen LogP contribution in [0.15, 0.2) is 66.9 Å². The summed E-state index contributed by atoms with van der Waals surface area (Å²) < 4.78 is 7.22. The van der Waals surface area contributed by atoms with Crippen molar-refractivity contribution < 1.29 is 14.6 Å². The predicted molar refractivity (Wildman–Crippen MR) is 90.3 cm³/mol. The Hall–Kier alpha value is -2.92. The molecular weight excluding hydrogens is 304 g/mol. The van der Waals surface area contributed by atoms with E-state index in [9.17, 15) is 9.90 Å². The molecule has 0 fully saturated rings. The molecule has 0 atom stereocenters. The van der Waals surface area contributed by atoms with E-state index in [4.69, 9.17) is 4.74 Å². The number of carboxylic acid groups (broad SMARTS) is 1. The molecule has 0 saturated heterocycles. The lowest BCUT2D eigenvalue weighted by atomic mass is 10.2. The molecule has 0 aliphatic carbocycles. The molecule has 3 aromatic rings. The molecule has 0 amide bonds. The lowest BCUT2D eigenvalue weighted by Gasteiger charge is -2.04. The number of para-hydroxylation sites is 1. The van der Waals surface area contributed by atoms with E-state index < -0.39 is 5.97 Å². The number of hydrogen-bond acceptors (Lipinski definition) is 3. The Morgan fingerprint density at radius 3 is 2.38 bits per heavy atom. The smallest absolute Gasteiger partial charge is 0.339 e. The molecule has 0 aliphatic rings. The van der Waals surface area contributed by atoms with Crippen LogP contribution in [0.3, 0.4) is 0 Å². The number of carbonyl (C=O) groups is 1. The highest BCUT2D eigenvalue weighted by Gasteiger charge is 2.15. The van der Waals surface area contributed by atoms with Gasteiger partial charge in [0, 0.05) is 12.6 Å². The van der Waals surface area contributed by atoms with Gasteiger partial charge in [0.2, 0.25) is 0 Å². The first-order valence-corrected chi connectivity index (χ1v) is 7.73. The van der Waals surface area contributed by atoms with Gasteiger partial charge in [0.1, 0.15) is 5.56 Å². The first-order chi connectivity index (χ1) is 11.7. The number of aromatic carboxylic acids is 1. The van der Waals surface area contributed by atoms with Crippen molar-refractivity contribution in [2.24, 2.45) is 0 Å². The number of hydrogen-bond donors (Lipinski definition) is 1. The van der Waals surface area contributed by atoms with Crippen LogP contribution in [0.2, 0.25) is 0 Å². The third-order valence-corrected chi connectivity index (χ3v) is 3.64. The van der Waals surface area contributed by atoms with Crippen LogP contribution >= 0.6 is 0 Å². The second-order valence-electron chi connectivity index (χ2n) is 5.36. The number of rotatable bonds is 7. The molecule has 2 aromatic carbocycles. The minimum Gasteiger partial charge on any atom is -0.478 e. The van der Waals surface area contributed by atoms with E-state index in [1.165, 1.54) is 0 Å². The third-order valence-electron chi connectivity index (χ3n) is 3.64. The molecule has 3 rings (SSSR count). The maximum absolute atomic E-state index is 11.4. The highest BCUT2D eigenvalue weighted by atomic mass is 16.5. The number of benzene rings is 2. The van der Waals surface area contributed by atoms with Gasteiger partial charge in [-0.2, -0.15) is 5.10 Å². The zero-order valence-corrected chi connectivity index (χ0v) is 13.1. The summed E-state index contributed by atoms with van der Waals surface area (Å²) in [6.45, 7) is 0.920. The molecule has 5 heteroatoms.